The summed E-state index contributed by atoms with van der Waals surface area (Å²) in [5.74, 6) is 0. The molecule has 0 aliphatic heterocycles. The number of aromatic nitrogens is 3. The summed E-state index contributed by atoms with van der Waals surface area (Å²) in [7, 11) is 0. The molecule has 2 aromatic heterocycles. The molecule has 2 aromatic rings. The van der Waals surface area contributed by atoms with E-state index in [-0.39, 0.29) is 0 Å². The van der Waals surface area contributed by atoms with E-state index >= 15 is 0 Å². The van der Waals surface area contributed by atoms with Crippen molar-refractivity contribution in [3.8, 4) is 0 Å². The number of rotatable bonds is 7. The molecule has 0 spiro atoms. The third kappa shape index (κ3) is 3.89. The highest BCUT2D eigenvalue weighted by molar-refractivity contribution is 5.10. The van der Waals surface area contributed by atoms with Crippen molar-refractivity contribution in [1.82, 2.24) is 20.1 Å². The molecule has 0 aliphatic carbocycles. The minimum absolute atomic E-state index is 0.810. The minimum Gasteiger partial charge on any atom is -0.309 e. The van der Waals surface area contributed by atoms with Crippen LogP contribution in [0.4, 0.5) is 0 Å². The van der Waals surface area contributed by atoms with Gasteiger partial charge in [0.1, 0.15) is 0 Å². The third-order valence-corrected chi connectivity index (χ3v) is 3.17. The summed E-state index contributed by atoms with van der Waals surface area (Å²) in [6.45, 7) is 6.95. The Morgan fingerprint density at radius 1 is 1.16 bits per heavy atom. The molecule has 0 aliphatic rings. The monoisotopic (exact) mass is 258 g/mol. The lowest BCUT2D eigenvalue weighted by molar-refractivity contribution is 0.532. The Morgan fingerprint density at radius 2 is 2.05 bits per heavy atom. The van der Waals surface area contributed by atoms with Crippen molar-refractivity contribution in [3.63, 3.8) is 0 Å². The Labute approximate surface area is 114 Å². The van der Waals surface area contributed by atoms with Crippen molar-refractivity contribution in [2.75, 3.05) is 6.54 Å². The Balaban J connectivity index is 1.81. The van der Waals surface area contributed by atoms with Gasteiger partial charge in [-0.05, 0) is 31.0 Å². The molecule has 0 amide bonds. The molecule has 0 bridgehead atoms. The predicted octanol–water partition coefficient (Wildman–Crippen LogP) is 2.19. The molecule has 102 valence electrons. The molecule has 0 saturated heterocycles. The summed E-state index contributed by atoms with van der Waals surface area (Å²) in [5, 5.41) is 8.01. The van der Waals surface area contributed by atoms with Gasteiger partial charge in [-0.2, -0.15) is 5.10 Å². The number of nitrogens with one attached hydrogen (secondary N) is 1. The Kier molecular flexibility index (Phi) is 5.10. The molecule has 4 nitrogen and oxygen atoms in total. The van der Waals surface area contributed by atoms with Crippen LogP contribution < -0.4 is 5.32 Å². The lowest BCUT2D eigenvalue weighted by Crippen LogP contribution is -2.21. The first-order valence-electron chi connectivity index (χ1n) is 6.99. The zero-order chi connectivity index (χ0) is 13.5. The van der Waals surface area contributed by atoms with E-state index in [1.54, 1.807) is 0 Å². The van der Waals surface area contributed by atoms with Gasteiger partial charge < -0.3 is 5.32 Å². The van der Waals surface area contributed by atoms with Crippen LogP contribution in [-0.2, 0) is 25.9 Å². The summed E-state index contributed by atoms with van der Waals surface area (Å²) in [6.07, 6.45) is 3.86. The average Bonchev–Trinajstić information content (AvgIpc) is 2.87. The van der Waals surface area contributed by atoms with Crippen LogP contribution in [0.25, 0.3) is 0 Å². The van der Waals surface area contributed by atoms with Crippen LogP contribution in [0.2, 0.25) is 0 Å². The van der Waals surface area contributed by atoms with Gasteiger partial charge in [-0.25, -0.2) is 0 Å². The lowest BCUT2D eigenvalue weighted by Gasteiger charge is -2.07. The van der Waals surface area contributed by atoms with Crippen molar-refractivity contribution in [2.24, 2.45) is 0 Å². The van der Waals surface area contributed by atoms with Crippen LogP contribution in [0.3, 0.4) is 0 Å². The van der Waals surface area contributed by atoms with Gasteiger partial charge in [0.25, 0.3) is 0 Å². The van der Waals surface area contributed by atoms with Gasteiger partial charge in [-0.1, -0.05) is 19.9 Å². The van der Waals surface area contributed by atoms with Gasteiger partial charge in [-0.3, -0.25) is 9.67 Å². The van der Waals surface area contributed by atoms with Crippen LogP contribution in [0, 0.1) is 0 Å². The number of pyridine rings is 1. The second kappa shape index (κ2) is 7.04. The average molecular weight is 258 g/mol. The maximum atomic E-state index is 4.61. The lowest BCUT2D eigenvalue weighted by atomic mass is 10.2. The molecule has 4 heteroatoms. The van der Waals surface area contributed by atoms with Gasteiger partial charge in [0.05, 0.1) is 17.9 Å². The van der Waals surface area contributed by atoms with Gasteiger partial charge in [0.15, 0.2) is 0 Å². The van der Waals surface area contributed by atoms with Crippen molar-refractivity contribution in [2.45, 2.75) is 39.8 Å². The summed E-state index contributed by atoms with van der Waals surface area (Å²) < 4.78 is 2.12. The largest absolute Gasteiger partial charge is 0.309 e. The van der Waals surface area contributed by atoms with E-state index in [2.05, 4.69) is 40.0 Å². The summed E-state index contributed by atoms with van der Waals surface area (Å²) in [4.78, 5) is 4.29. The van der Waals surface area contributed by atoms with Crippen molar-refractivity contribution >= 4 is 0 Å². The normalized spacial score (nSPS) is 10.8. The Bertz CT molecular complexity index is 490. The molecule has 0 aromatic carbocycles. The second-order valence-corrected chi connectivity index (χ2v) is 4.56. The Hall–Kier alpha value is -1.68. The van der Waals surface area contributed by atoms with Gasteiger partial charge in [-0.15, -0.1) is 0 Å². The zero-order valence-electron chi connectivity index (χ0n) is 11.8. The zero-order valence-corrected chi connectivity index (χ0v) is 11.8. The van der Waals surface area contributed by atoms with E-state index in [0.717, 1.165) is 38.2 Å². The SMILES string of the molecule is CCc1cc(CC)n(CCNCc2ccccn2)n1. The first-order valence-corrected chi connectivity index (χ1v) is 6.99. The molecule has 2 heterocycles. The molecule has 0 radical (unpaired) electrons. The molecule has 19 heavy (non-hydrogen) atoms. The van der Waals surface area contributed by atoms with Crippen LogP contribution in [0.15, 0.2) is 30.5 Å². The highest BCUT2D eigenvalue weighted by atomic mass is 15.3. The Morgan fingerprint density at radius 3 is 2.74 bits per heavy atom. The van der Waals surface area contributed by atoms with Gasteiger partial charge in [0, 0.05) is 25.0 Å². The van der Waals surface area contributed by atoms with E-state index in [1.165, 1.54) is 11.4 Å². The van der Waals surface area contributed by atoms with E-state index in [0.29, 0.717) is 0 Å². The first kappa shape index (κ1) is 13.7. The number of hydrogen-bond acceptors (Lipinski definition) is 3. The number of nitrogens with zero attached hydrogens (tertiary/aromatic N) is 3. The molecule has 0 atom stereocenters. The fourth-order valence-corrected chi connectivity index (χ4v) is 2.07. The fourth-order valence-electron chi connectivity index (χ4n) is 2.07. The topological polar surface area (TPSA) is 42.7 Å². The van der Waals surface area contributed by atoms with Crippen molar-refractivity contribution in [3.05, 3.63) is 47.5 Å². The molecule has 1 N–H and O–H groups in total. The van der Waals surface area contributed by atoms with Crippen molar-refractivity contribution in [1.29, 1.82) is 0 Å². The maximum absolute atomic E-state index is 4.61. The third-order valence-electron chi connectivity index (χ3n) is 3.17. The standard InChI is InChI=1S/C15H22N4/c1-3-13-11-15(4-2)19(18-13)10-9-16-12-14-7-5-6-8-17-14/h5-8,11,16H,3-4,9-10,12H2,1-2H3. The quantitative estimate of drug-likeness (QED) is 0.774. The van der Waals surface area contributed by atoms with Gasteiger partial charge in [0.2, 0.25) is 0 Å². The molecule has 2 rings (SSSR count). The van der Waals surface area contributed by atoms with Crippen LogP contribution in [0.5, 0.6) is 0 Å². The van der Waals surface area contributed by atoms with Gasteiger partial charge >= 0.3 is 0 Å². The highest BCUT2D eigenvalue weighted by Crippen LogP contribution is 2.05. The number of aryl methyl sites for hydroxylation is 2. The number of hydrogen-bond donors (Lipinski definition) is 1. The smallest absolute Gasteiger partial charge is 0.0624 e. The van der Waals surface area contributed by atoms with E-state index in [4.69, 9.17) is 0 Å². The molecule has 0 fully saturated rings. The van der Waals surface area contributed by atoms with E-state index < -0.39 is 0 Å². The predicted molar refractivity (Wildman–Crippen MR) is 76.9 cm³/mol. The van der Waals surface area contributed by atoms with E-state index in [9.17, 15) is 0 Å². The van der Waals surface area contributed by atoms with Crippen LogP contribution in [-0.4, -0.2) is 21.3 Å². The summed E-state index contributed by atoms with van der Waals surface area (Å²) in [6, 6.07) is 8.19. The van der Waals surface area contributed by atoms with E-state index in [1.807, 2.05) is 24.4 Å². The molecular weight excluding hydrogens is 236 g/mol. The van der Waals surface area contributed by atoms with Crippen LogP contribution >= 0.6 is 0 Å². The first-order chi connectivity index (χ1) is 9.33. The fraction of sp³-hybridized carbons (Fsp3) is 0.467. The highest BCUT2D eigenvalue weighted by Gasteiger charge is 2.04. The second-order valence-electron chi connectivity index (χ2n) is 4.56. The maximum Gasteiger partial charge on any atom is 0.0624 e. The molecule has 0 unspecified atom stereocenters. The summed E-state index contributed by atoms with van der Waals surface area (Å²) >= 11 is 0. The van der Waals surface area contributed by atoms with Crippen LogP contribution in [0.1, 0.15) is 30.9 Å². The minimum atomic E-state index is 0.810. The molecule has 0 saturated carbocycles. The summed E-state index contributed by atoms with van der Waals surface area (Å²) in [5.41, 5.74) is 3.57. The molecular formula is C15H22N4. The van der Waals surface area contributed by atoms with Crippen molar-refractivity contribution < 1.29 is 0 Å².